The monoisotopic (exact) mass is 556 g/mol. The molecule has 11 heteroatoms. The molecule has 2 N–H and O–H groups in total. The van der Waals surface area contributed by atoms with E-state index in [1.165, 1.54) is 12.1 Å². The summed E-state index contributed by atoms with van der Waals surface area (Å²) in [5.41, 5.74) is 2.14. The lowest BCUT2D eigenvalue weighted by molar-refractivity contribution is 0.335. The smallest absolute Gasteiger partial charge is 0.182 e. The highest BCUT2D eigenvalue weighted by atomic mass is 19.1. The summed E-state index contributed by atoms with van der Waals surface area (Å²) in [5, 5.41) is 12.3. The zero-order chi connectivity index (χ0) is 28.3. The van der Waals surface area contributed by atoms with Crippen molar-refractivity contribution in [3.05, 3.63) is 83.4 Å². The van der Waals surface area contributed by atoms with Crippen molar-refractivity contribution < 1.29 is 13.5 Å². The molecule has 2 aromatic carbocycles. The molecule has 210 valence electrons. The summed E-state index contributed by atoms with van der Waals surface area (Å²) in [5.74, 6) is 1.39. The van der Waals surface area contributed by atoms with Gasteiger partial charge < -0.3 is 15.4 Å². The Labute approximate surface area is 236 Å². The molecule has 0 atom stereocenters. The molecular weight excluding hydrogens is 526 g/mol. The summed E-state index contributed by atoms with van der Waals surface area (Å²) in [6.07, 6.45) is 5.49. The first-order valence-electron chi connectivity index (χ1n) is 13.7. The lowest BCUT2D eigenvalue weighted by Crippen LogP contribution is -2.27. The maximum Gasteiger partial charge on any atom is 0.182 e. The fourth-order valence-corrected chi connectivity index (χ4v) is 5.23. The van der Waals surface area contributed by atoms with Crippen molar-refractivity contribution in [1.29, 1.82) is 0 Å². The molecule has 9 nitrogen and oxygen atoms in total. The predicted octanol–water partition coefficient (Wildman–Crippen LogP) is 5.53. The molecule has 0 spiro atoms. The Balaban J connectivity index is 1.42. The van der Waals surface area contributed by atoms with Gasteiger partial charge in [0.15, 0.2) is 5.82 Å². The largest absolute Gasteiger partial charge is 0.494 e. The van der Waals surface area contributed by atoms with Gasteiger partial charge in [-0.2, -0.15) is 5.10 Å². The minimum absolute atomic E-state index is 0.100. The molecule has 1 fully saturated rings. The molecule has 1 aliphatic rings. The molecule has 0 aliphatic carbocycles. The molecule has 0 unspecified atom stereocenters. The molecule has 5 aromatic rings. The number of hydrogen-bond acceptors (Lipinski definition) is 8. The van der Waals surface area contributed by atoms with Gasteiger partial charge in [-0.25, -0.2) is 28.7 Å². The molecule has 0 amide bonds. The second-order valence-corrected chi connectivity index (χ2v) is 9.96. The van der Waals surface area contributed by atoms with Crippen LogP contribution in [0.2, 0.25) is 0 Å². The average Bonchev–Trinajstić information content (AvgIpc) is 3.34. The number of rotatable bonds is 8. The van der Waals surface area contributed by atoms with Crippen molar-refractivity contribution in [1.82, 2.24) is 35.0 Å². The fourth-order valence-electron chi connectivity index (χ4n) is 5.23. The number of fused-ring (bicyclic) bond motifs is 1. The molecule has 41 heavy (non-hydrogen) atoms. The van der Waals surface area contributed by atoms with Crippen LogP contribution in [0.1, 0.15) is 42.6 Å². The van der Waals surface area contributed by atoms with Gasteiger partial charge in [0.2, 0.25) is 0 Å². The van der Waals surface area contributed by atoms with E-state index in [-0.39, 0.29) is 23.8 Å². The van der Waals surface area contributed by atoms with Gasteiger partial charge in [-0.05, 0) is 57.8 Å². The van der Waals surface area contributed by atoms with Gasteiger partial charge in [0.05, 0.1) is 18.7 Å². The van der Waals surface area contributed by atoms with E-state index < -0.39 is 11.6 Å². The van der Waals surface area contributed by atoms with Crippen molar-refractivity contribution in [2.75, 3.05) is 25.0 Å². The molecule has 6 rings (SSSR count). The molecule has 0 saturated carbocycles. The van der Waals surface area contributed by atoms with Crippen molar-refractivity contribution in [3.63, 3.8) is 0 Å². The molecule has 1 aliphatic heterocycles. The van der Waals surface area contributed by atoms with Gasteiger partial charge in [0.25, 0.3) is 0 Å². The molecule has 0 bridgehead atoms. The topological polar surface area (TPSA) is 103 Å². The average molecular weight is 557 g/mol. The number of benzene rings is 2. The first kappa shape index (κ1) is 26.7. The SMILES string of the molecule is CCOc1cc(F)c(Cn2nc(-c3ncc(C4CCNCC4)c(Nc4ccnc(C)n4)n3)c3ccccc32)c(F)c1. The van der Waals surface area contributed by atoms with Crippen LogP contribution >= 0.6 is 0 Å². The number of hydrogen-bond donors (Lipinski definition) is 2. The summed E-state index contributed by atoms with van der Waals surface area (Å²) in [4.78, 5) is 18.4. The number of anilines is 2. The maximum atomic E-state index is 15.0. The first-order valence-corrected chi connectivity index (χ1v) is 13.7. The van der Waals surface area contributed by atoms with Crippen LogP contribution in [0.5, 0.6) is 5.75 Å². The third-order valence-electron chi connectivity index (χ3n) is 7.22. The van der Waals surface area contributed by atoms with E-state index in [1.807, 2.05) is 37.4 Å². The Kier molecular flexibility index (Phi) is 7.51. The molecule has 4 heterocycles. The third-order valence-corrected chi connectivity index (χ3v) is 7.22. The van der Waals surface area contributed by atoms with E-state index in [1.54, 1.807) is 23.9 Å². The van der Waals surface area contributed by atoms with Crippen molar-refractivity contribution in [3.8, 4) is 17.3 Å². The Morgan fingerprint density at radius 2 is 1.83 bits per heavy atom. The van der Waals surface area contributed by atoms with Gasteiger partial charge in [0, 0.05) is 41.0 Å². The van der Waals surface area contributed by atoms with Gasteiger partial charge in [-0.3, -0.25) is 4.68 Å². The minimum atomic E-state index is -0.691. The van der Waals surface area contributed by atoms with Gasteiger partial charge in [0.1, 0.15) is 40.5 Å². The van der Waals surface area contributed by atoms with Crippen LogP contribution in [0.4, 0.5) is 20.4 Å². The van der Waals surface area contributed by atoms with Crippen molar-refractivity contribution in [2.45, 2.75) is 39.2 Å². The number of nitrogens with one attached hydrogen (secondary N) is 2. The number of ether oxygens (including phenoxy) is 1. The van der Waals surface area contributed by atoms with Crippen molar-refractivity contribution in [2.24, 2.45) is 0 Å². The van der Waals surface area contributed by atoms with Crippen LogP contribution in [-0.2, 0) is 6.54 Å². The predicted molar refractivity (Wildman–Crippen MR) is 152 cm³/mol. The van der Waals surface area contributed by atoms with E-state index in [9.17, 15) is 8.78 Å². The fraction of sp³-hybridized carbons (Fsp3) is 0.300. The number of para-hydroxylation sites is 1. The normalized spacial score (nSPS) is 14.0. The van der Waals surface area contributed by atoms with Gasteiger partial charge >= 0.3 is 0 Å². The van der Waals surface area contributed by atoms with Crippen LogP contribution in [0, 0.1) is 18.6 Å². The Hall–Kier alpha value is -4.51. The maximum absolute atomic E-state index is 15.0. The zero-order valence-electron chi connectivity index (χ0n) is 22.9. The summed E-state index contributed by atoms with van der Waals surface area (Å²) in [6, 6.07) is 11.7. The Bertz CT molecular complexity index is 1680. The minimum Gasteiger partial charge on any atom is -0.494 e. The van der Waals surface area contributed by atoms with Crippen LogP contribution in [0.15, 0.2) is 54.9 Å². The van der Waals surface area contributed by atoms with Gasteiger partial charge in [-0.15, -0.1) is 0 Å². The summed E-state index contributed by atoms with van der Waals surface area (Å²) in [7, 11) is 0. The summed E-state index contributed by atoms with van der Waals surface area (Å²) >= 11 is 0. The number of halogens is 2. The standard InChI is InChI=1S/C30H30F2N8O/c1-3-41-20-14-24(31)23(25(32)15-20)17-40-26-7-5-4-6-21(26)28(39-40)30-35-16-22(19-8-11-33-12-9-19)29(38-30)37-27-10-13-34-18(2)36-27/h4-7,10,13-16,19,33H,3,8-9,11-12,17H2,1-2H3,(H,34,35,36,37,38). The van der Waals surface area contributed by atoms with Crippen LogP contribution in [0.25, 0.3) is 22.4 Å². The first-order chi connectivity index (χ1) is 20.0. The Morgan fingerprint density at radius 1 is 1.05 bits per heavy atom. The molecule has 1 saturated heterocycles. The van der Waals surface area contributed by atoms with E-state index >= 15 is 0 Å². The molecular formula is C30H30F2N8O. The quantitative estimate of drug-likeness (QED) is 0.257. The van der Waals surface area contributed by atoms with Crippen molar-refractivity contribution >= 4 is 22.5 Å². The second kappa shape index (κ2) is 11.5. The molecule has 3 aromatic heterocycles. The van der Waals surface area contributed by atoms with E-state index in [2.05, 4.69) is 20.6 Å². The lowest BCUT2D eigenvalue weighted by atomic mass is 9.91. The number of aromatic nitrogens is 6. The molecule has 0 radical (unpaired) electrons. The van der Waals surface area contributed by atoms with E-state index in [4.69, 9.17) is 19.8 Å². The van der Waals surface area contributed by atoms with Crippen LogP contribution in [0.3, 0.4) is 0 Å². The zero-order valence-corrected chi connectivity index (χ0v) is 22.9. The van der Waals surface area contributed by atoms with Gasteiger partial charge in [-0.1, -0.05) is 18.2 Å². The number of nitrogens with zero attached hydrogens (tertiary/aromatic N) is 6. The van der Waals surface area contributed by atoms with Crippen LogP contribution < -0.4 is 15.4 Å². The van der Waals surface area contributed by atoms with E-state index in [0.29, 0.717) is 41.1 Å². The Morgan fingerprint density at radius 3 is 2.59 bits per heavy atom. The number of piperidine rings is 1. The number of aryl methyl sites for hydroxylation is 1. The highest BCUT2D eigenvalue weighted by molar-refractivity contribution is 5.91. The van der Waals surface area contributed by atoms with Crippen LogP contribution in [-0.4, -0.2) is 49.4 Å². The summed E-state index contributed by atoms with van der Waals surface area (Å²) in [6.45, 7) is 5.65. The highest BCUT2D eigenvalue weighted by Gasteiger charge is 2.23. The second-order valence-electron chi connectivity index (χ2n) is 9.96. The van der Waals surface area contributed by atoms with E-state index in [0.717, 1.165) is 36.9 Å². The highest BCUT2D eigenvalue weighted by Crippen LogP contribution is 2.34. The lowest BCUT2D eigenvalue weighted by Gasteiger charge is -2.24. The summed E-state index contributed by atoms with van der Waals surface area (Å²) < 4.78 is 36.8. The third kappa shape index (κ3) is 5.58.